The maximum Gasteiger partial charge on any atom is 0.244 e. The molecule has 0 aliphatic rings. The summed E-state index contributed by atoms with van der Waals surface area (Å²) in [6.07, 6.45) is 0. The third kappa shape index (κ3) is 5.09. The van der Waals surface area contributed by atoms with Crippen LogP contribution in [-0.4, -0.2) is 20.4 Å². The van der Waals surface area contributed by atoms with Gasteiger partial charge in [-0.05, 0) is 43.0 Å². The van der Waals surface area contributed by atoms with Crippen LogP contribution in [0.4, 0.5) is 4.39 Å². The van der Waals surface area contributed by atoms with E-state index in [-0.39, 0.29) is 0 Å². The molecule has 0 saturated heterocycles. The third-order valence-electron chi connectivity index (χ3n) is 4.38. The topological polar surface area (TPSA) is 75.3 Å². The molecule has 0 unspecified atom stereocenters. The van der Waals surface area contributed by atoms with Gasteiger partial charge in [0.25, 0.3) is 0 Å². The maximum atomic E-state index is 13.9. The zero-order chi connectivity index (χ0) is 21.0. The van der Waals surface area contributed by atoms with Crippen molar-refractivity contribution >= 4 is 27.3 Å². The largest absolute Gasteiger partial charge is 0.343 e. The van der Waals surface area contributed by atoms with Crippen molar-refractivity contribution in [1.82, 2.24) is 10.0 Å². The zero-order valence-electron chi connectivity index (χ0n) is 15.9. The Morgan fingerprint density at radius 1 is 1.03 bits per heavy atom. The van der Waals surface area contributed by atoms with Gasteiger partial charge in [-0.25, -0.2) is 12.8 Å². The molecule has 0 fully saturated rings. The molecule has 1 heterocycles. The van der Waals surface area contributed by atoms with Crippen molar-refractivity contribution < 1.29 is 17.6 Å². The van der Waals surface area contributed by atoms with Crippen LogP contribution in [0.1, 0.15) is 29.0 Å². The fourth-order valence-corrected chi connectivity index (χ4v) is 4.90. The van der Waals surface area contributed by atoms with Gasteiger partial charge in [0.2, 0.25) is 15.9 Å². The molecule has 0 bridgehead atoms. The van der Waals surface area contributed by atoms with Gasteiger partial charge < -0.3 is 5.32 Å². The first-order valence-electron chi connectivity index (χ1n) is 8.95. The van der Waals surface area contributed by atoms with E-state index >= 15 is 0 Å². The molecule has 0 aliphatic heterocycles. The Bertz CT molecular complexity index is 1080. The molecule has 3 aromatic rings. The van der Waals surface area contributed by atoms with Crippen LogP contribution in [0, 0.1) is 12.7 Å². The van der Waals surface area contributed by atoms with Crippen LogP contribution in [0.3, 0.4) is 0 Å². The van der Waals surface area contributed by atoms with Gasteiger partial charge >= 0.3 is 0 Å². The van der Waals surface area contributed by atoms with Crippen LogP contribution in [-0.2, 0) is 14.8 Å². The number of aryl methyl sites for hydroxylation is 1. The lowest BCUT2D eigenvalue weighted by molar-refractivity contribution is -0.122. The van der Waals surface area contributed by atoms with Crippen LogP contribution >= 0.6 is 11.3 Å². The van der Waals surface area contributed by atoms with Crippen LogP contribution < -0.4 is 10.0 Å². The van der Waals surface area contributed by atoms with Crippen molar-refractivity contribution in [3.63, 3.8) is 0 Å². The molecule has 3 rings (SSSR count). The summed E-state index contributed by atoms with van der Waals surface area (Å²) in [7, 11) is -4.18. The molecule has 2 N–H and O–H groups in total. The van der Waals surface area contributed by atoms with Crippen LogP contribution in [0.5, 0.6) is 0 Å². The molecule has 152 valence electrons. The van der Waals surface area contributed by atoms with Crippen LogP contribution in [0.2, 0.25) is 0 Å². The van der Waals surface area contributed by atoms with Crippen LogP contribution in [0.25, 0.3) is 0 Å². The van der Waals surface area contributed by atoms with Gasteiger partial charge in [0, 0.05) is 4.88 Å². The van der Waals surface area contributed by atoms with Crippen LogP contribution in [0.15, 0.2) is 70.9 Å². The lowest BCUT2D eigenvalue weighted by atomic mass is 10.0. The normalized spacial score (nSPS) is 13.6. The van der Waals surface area contributed by atoms with Gasteiger partial charge in [-0.1, -0.05) is 48.0 Å². The second-order valence-electron chi connectivity index (χ2n) is 6.64. The molecule has 0 saturated carbocycles. The molecule has 0 aliphatic carbocycles. The molecule has 0 radical (unpaired) electrons. The number of rotatable bonds is 7. The number of amides is 1. The minimum absolute atomic E-state index is 0.413. The van der Waals surface area contributed by atoms with Crippen molar-refractivity contribution in [1.29, 1.82) is 0 Å². The van der Waals surface area contributed by atoms with Crippen molar-refractivity contribution in [3.8, 4) is 0 Å². The van der Waals surface area contributed by atoms with Gasteiger partial charge in [0.05, 0.1) is 12.1 Å². The van der Waals surface area contributed by atoms with Crippen molar-refractivity contribution in [2.45, 2.75) is 30.8 Å². The highest BCUT2D eigenvalue weighted by atomic mass is 32.2. The molecular weight excluding hydrogens is 411 g/mol. The average Bonchev–Trinajstić information content (AvgIpc) is 3.21. The Morgan fingerprint density at radius 3 is 2.34 bits per heavy atom. The highest BCUT2D eigenvalue weighted by molar-refractivity contribution is 7.89. The zero-order valence-corrected chi connectivity index (χ0v) is 17.6. The maximum absolute atomic E-state index is 13.9. The van der Waals surface area contributed by atoms with Crippen molar-refractivity contribution in [2.75, 3.05) is 0 Å². The van der Waals surface area contributed by atoms with E-state index in [0.717, 1.165) is 28.1 Å². The van der Waals surface area contributed by atoms with Gasteiger partial charge in [0.1, 0.15) is 10.7 Å². The standard InChI is InChI=1S/C21H21FN2O3S2/c1-14-9-11-16(12-10-14)20(18-7-5-13-28-18)23-21(25)15(2)24-29(26,27)19-8-4-3-6-17(19)22/h3-13,15,20,24H,1-2H3,(H,23,25)/t15-,20+/m0/s1. The van der Waals surface area contributed by atoms with E-state index in [0.29, 0.717) is 0 Å². The second-order valence-corrected chi connectivity index (χ2v) is 9.30. The summed E-state index contributed by atoms with van der Waals surface area (Å²) in [4.78, 5) is 13.2. The monoisotopic (exact) mass is 432 g/mol. The van der Waals surface area contributed by atoms with Gasteiger partial charge in [0.15, 0.2) is 0 Å². The lowest BCUT2D eigenvalue weighted by Gasteiger charge is -2.21. The Morgan fingerprint density at radius 2 is 1.72 bits per heavy atom. The minimum Gasteiger partial charge on any atom is -0.343 e. The number of sulfonamides is 1. The molecule has 2 aromatic carbocycles. The first kappa shape index (κ1) is 21.2. The molecular formula is C21H21FN2O3S2. The summed E-state index contributed by atoms with van der Waals surface area (Å²) < 4.78 is 41.0. The number of benzene rings is 2. The van der Waals surface area contributed by atoms with E-state index < -0.39 is 38.7 Å². The number of carbonyl (C=O) groups is 1. The van der Waals surface area contributed by atoms with E-state index in [9.17, 15) is 17.6 Å². The summed E-state index contributed by atoms with van der Waals surface area (Å²) in [5.41, 5.74) is 1.98. The highest BCUT2D eigenvalue weighted by Crippen LogP contribution is 2.26. The Hall–Kier alpha value is -2.55. The SMILES string of the molecule is Cc1ccc([C@@H](NC(=O)[C@H](C)NS(=O)(=O)c2ccccc2F)c2cccs2)cc1. The quantitative estimate of drug-likeness (QED) is 0.597. The molecule has 0 spiro atoms. The summed E-state index contributed by atoms with van der Waals surface area (Å²) >= 11 is 1.49. The average molecular weight is 433 g/mol. The summed E-state index contributed by atoms with van der Waals surface area (Å²) in [6.45, 7) is 3.40. The smallest absolute Gasteiger partial charge is 0.244 e. The molecule has 29 heavy (non-hydrogen) atoms. The fraction of sp³-hybridized carbons (Fsp3) is 0.190. The van der Waals surface area contributed by atoms with E-state index in [4.69, 9.17) is 0 Å². The third-order valence-corrected chi connectivity index (χ3v) is 6.89. The second kappa shape index (κ2) is 8.86. The summed E-state index contributed by atoms with van der Waals surface area (Å²) in [5, 5.41) is 4.80. The number of carbonyl (C=O) groups excluding carboxylic acids is 1. The number of thiophene rings is 1. The Kier molecular flexibility index (Phi) is 6.46. The molecule has 1 aromatic heterocycles. The predicted octanol–water partition coefficient (Wildman–Crippen LogP) is 3.77. The van der Waals surface area contributed by atoms with Gasteiger partial charge in [-0.15, -0.1) is 11.3 Å². The summed E-state index contributed by atoms with van der Waals surface area (Å²) in [6, 6.07) is 15.1. The predicted molar refractivity (Wildman–Crippen MR) is 112 cm³/mol. The first-order chi connectivity index (χ1) is 13.8. The fourth-order valence-electron chi connectivity index (χ4n) is 2.81. The van der Waals surface area contributed by atoms with E-state index in [1.165, 1.54) is 30.4 Å². The van der Waals surface area contributed by atoms with Gasteiger partial charge in [-0.2, -0.15) is 4.72 Å². The van der Waals surface area contributed by atoms with E-state index in [1.54, 1.807) is 0 Å². The lowest BCUT2D eigenvalue weighted by Crippen LogP contribution is -2.46. The number of hydrogen-bond donors (Lipinski definition) is 2. The van der Waals surface area contributed by atoms with Crippen molar-refractivity contribution in [3.05, 3.63) is 87.9 Å². The number of nitrogens with one attached hydrogen (secondary N) is 2. The number of hydrogen-bond acceptors (Lipinski definition) is 4. The first-order valence-corrected chi connectivity index (χ1v) is 11.3. The molecule has 2 atom stereocenters. The van der Waals surface area contributed by atoms with Gasteiger partial charge in [-0.3, -0.25) is 4.79 Å². The van der Waals surface area contributed by atoms with E-state index in [1.807, 2.05) is 48.7 Å². The van der Waals surface area contributed by atoms with Crippen molar-refractivity contribution in [2.24, 2.45) is 0 Å². The summed E-state index contributed by atoms with van der Waals surface area (Å²) in [5.74, 6) is -1.38. The molecule has 1 amide bonds. The Balaban J connectivity index is 1.79. The Labute approximate surface area is 173 Å². The van der Waals surface area contributed by atoms with E-state index in [2.05, 4.69) is 10.0 Å². The number of halogens is 1. The molecule has 8 heteroatoms. The highest BCUT2D eigenvalue weighted by Gasteiger charge is 2.27. The molecule has 5 nitrogen and oxygen atoms in total. The minimum atomic E-state index is -4.18.